The van der Waals surface area contributed by atoms with Gasteiger partial charge in [0.2, 0.25) is 0 Å². The first-order chi connectivity index (χ1) is 8.19. The molecule has 1 rings (SSSR count). The highest BCUT2D eigenvalue weighted by molar-refractivity contribution is 5.37. The molecule has 0 saturated heterocycles. The summed E-state index contributed by atoms with van der Waals surface area (Å²) < 4.78 is 0. The summed E-state index contributed by atoms with van der Waals surface area (Å²) in [5.41, 5.74) is 1.80. The van der Waals surface area contributed by atoms with E-state index in [1.807, 2.05) is 24.3 Å². The predicted molar refractivity (Wildman–Crippen MR) is 68.4 cm³/mol. The van der Waals surface area contributed by atoms with E-state index < -0.39 is 0 Å². The quantitative estimate of drug-likeness (QED) is 0.817. The van der Waals surface area contributed by atoms with Crippen molar-refractivity contribution in [2.24, 2.45) is 0 Å². The van der Waals surface area contributed by atoms with Crippen molar-refractivity contribution in [1.82, 2.24) is 4.90 Å². The van der Waals surface area contributed by atoms with Gasteiger partial charge in [-0.3, -0.25) is 4.90 Å². The number of nitriles is 1. The third-order valence-electron chi connectivity index (χ3n) is 2.84. The lowest BCUT2D eigenvalue weighted by Gasteiger charge is -2.26. The topological polar surface area (TPSA) is 47.3 Å². The molecule has 0 aliphatic carbocycles. The van der Waals surface area contributed by atoms with Crippen molar-refractivity contribution in [2.75, 3.05) is 13.2 Å². The van der Waals surface area contributed by atoms with Gasteiger partial charge in [0, 0.05) is 25.7 Å². The van der Waals surface area contributed by atoms with E-state index >= 15 is 0 Å². The number of aliphatic hydroxyl groups excluding tert-OH is 1. The van der Waals surface area contributed by atoms with Crippen LogP contribution in [0.25, 0.3) is 0 Å². The SMILES string of the molecule is CC(C)N(CCCO)Cc1ccccc1C#N. The van der Waals surface area contributed by atoms with E-state index in [4.69, 9.17) is 10.4 Å². The van der Waals surface area contributed by atoms with Crippen LogP contribution in [0.5, 0.6) is 0 Å². The molecular formula is C14H20N2O. The van der Waals surface area contributed by atoms with Crippen LogP contribution in [-0.4, -0.2) is 29.2 Å². The minimum absolute atomic E-state index is 0.211. The second kappa shape index (κ2) is 7.05. The molecule has 0 radical (unpaired) electrons. The van der Waals surface area contributed by atoms with Gasteiger partial charge in [0.1, 0.15) is 0 Å². The van der Waals surface area contributed by atoms with Gasteiger partial charge in [-0.25, -0.2) is 0 Å². The number of hydrogen-bond donors (Lipinski definition) is 1. The Hall–Kier alpha value is -1.37. The van der Waals surface area contributed by atoms with Crippen LogP contribution in [-0.2, 0) is 6.54 Å². The van der Waals surface area contributed by atoms with E-state index in [0.29, 0.717) is 6.04 Å². The average Bonchev–Trinajstić information content (AvgIpc) is 2.34. The van der Waals surface area contributed by atoms with Crippen molar-refractivity contribution in [3.8, 4) is 6.07 Å². The van der Waals surface area contributed by atoms with Crippen LogP contribution in [0.3, 0.4) is 0 Å². The van der Waals surface area contributed by atoms with Crippen molar-refractivity contribution in [3.05, 3.63) is 35.4 Å². The fourth-order valence-electron chi connectivity index (χ4n) is 1.78. The maximum atomic E-state index is 9.04. The Morgan fingerprint density at radius 1 is 1.35 bits per heavy atom. The monoisotopic (exact) mass is 232 g/mol. The van der Waals surface area contributed by atoms with Crippen molar-refractivity contribution in [1.29, 1.82) is 5.26 Å². The number of rotatable bonds is 6. The zero-order valence-corrected chi connectivity index (χ0v) is 10.6. The van der Waals surface area contributed by atoms with Gasteiger partial charge in [-0.1, -0.05) is 18.2 Å². The van der Waals surface area contributed by atoms with Gasteiger partial charge in [-0.2, -0.15) is 5.26 Å². The molecule has 0 unspecified atom stereocenters. The van der Waals surface area contributed by atoms with Crippen LogP contribution in [0, 0.1) is 11.3 Å². The summed E-state index contributed by atoms with van der Waals surface area (Å²) in [6.07, 6.45) is 0.771. The summed E-state index contributed by atoms with van der Waals surface area (Å²) in [5, 5.41) is 17.9. The molecule has 3 heteroatoms. The van der Waals surface area contributed by atoms with Gasteiger partial charge in [-0.05, 0) is 31.9 Å². The second-order valence-corrected chi connectivity index (χ2v) is 4.41. The summed E-state index contributed by atoms with van der Waals surface area (Å²) in [4.78, 5) is 2.27. The first-order valence-corrected chi connectivity index (χ1v) is 6.02. The van der Waals surface area contributed by atoms with Gasteiger partial charge in [0.15, 0.2) is 0 Å². The lowest BCUT2D eigenvalue weighted by Crippen LogP contribution is -2.32. The van der Waals surface area contributed by atoms with Gasteiger partial charge in [-0.15, -0.1) is 0 Å². The largest absolute Gasteiger partial charge is 0.396 e. The number of nitrogens with zero attached hydrogens (tertiary/aromatic N) is 2. The number of benzene rings is 1. The van der Waals surface area contributed by atoms with Crippen LogP contribution in [0.15, 0.2) is 24.3 Å². The van der Waals surface area contributed by atoms with Gasteiger partial charge in [0.25, 0.3) is 0 Å². The first-order valence-electron chi connectivity index (χ1n) is 6.02. The smallest absolute Gasteiger partial charge is 0.0995 e. The molecule has 17 heavy (non-hydrogen) atoms. The Balaban J connectivity index is 2.75. The van der Waals surface area contributed by atoms with Crippen LogP contribution in [0.2, 0.25) is 0 Å². The fraction of sp³-hybridized carbons (Fsp3) is 0.500. The molecule has 0 heterocycles. The highest BCUT2D eigenvalue weighted by Crippen LogP contribution is 2.13. The second-order valence-electron chi connectivity index (χ2n) is 4.41. The summed E-state index contributed by atoms with van der Waals surface area (Å²) >= 11 is 0. The number of hydrogen-bond acceptors (Lipinski definition) is 3. The Bertz CT molecular complexity index is 382. The van der Waals surface area contributed by atoms with E-state index in [1.54, 1.807) is 0 Å². The van der Waals surface area contributed by atoms with E-state index in [9.17, 15) is 0 Å². The minimum atomic E-state index is 0.211. The maximum absolute atomic E-state index is 9.04. The Morgan fingerprint density at radius 2 is 2.06 bits per heavy atom. The van der Waals surface area contributed by atoms with Crippen molar-refractivity contribution < 1.29 is 5.11 Å². The lowest BCUT2D eigenvalue weighted by molar-refractivity contribution is 0.185. The fourth-order valence-corrected chi connectivity index (χ4v) is 1.78. The van der Waals surface area contributed by atoms with Crippen LogP contribution in [0.1, 0.15) is 31.4 Å². The minimum Gasteiger partial charge on any atom is -0.396 e. The molecule has 0 saturated carbocycles. The van der Waals surface area contributed by atoms with E-state index in [0.717, 1.165) is 30.6 Å². The molecule has 0 amide bonds. The molecule has 1 aromatic rings. The van der Waals surface area contributed by atoms with Crippen molar-refractivity contribution in [3.63, 3.8) is 0 Å². The molecule has 0 aliphatic heterocycles. The Labute approximate surface area is 103 Å². The number of aliphatic hydroxyl groups is 1. The molecule has 0 spiro atoms. The Morgan fingerprint density at radius 3 is 2.65 bits per heavy atom. The Kier molecular flexibility index (Phi) is 5.68. The average molecular weight is 232 g/mol. The molecule has 0 fully saturated rings. The van der Waals surface area contributed by atoms with E-state index in [-0.39, 0.29) is 6.61 Å². The van der Waals surface area contributed by atoms with Crippen LogP contribution < -0.4 is 0 Å². The standard InChI is InChI=1S/C14H20N2O/c1-12(2)16(8-5-9-17)11-14-7-4-3-6-13(14)10-15/h3-4,6-7,12,17H,5,8-9,11H2,1-2H3. The van der Waals surface area contributed by atoms with E-state index in [1.165, 1.54) is 0 Å². The highest BCUT2D eigenvalue weighted by atomic mass is 16.3. The van der Waals surface area contributed by atoms with Crippen molar-refractivity contribution in [2.45, 2.75) is 32.9 Å². The molecular weight excluding hydrogens is 212 g/mol. The molecule has 0 bridgehead atoms. The summed E-state index contributed by atoms with van der Waals surface area (Å²) in [7, 11) is 0. The molecule has 1 aromatic carbocycles. The zero-order chi connectivity index (χ0) is 12.7. The molecule has 92 valence electrons. The molecule has 1 N–H and O–H groups in total. The molecule has 0 aromatic heterocycles. The zero-order valence-electron chi connectivity index (χ0n) is 10.6. The summed E-state index contributed by atoms with van der Waals surface area (Å²) in [6.45, 7) is 6.09. The molecule has 3 nitrogen and oxygen atoms in total. The highest BCUT2D eigenvalue weighted by Gasteiger charge is 2.11. The normalized spacial score (nSPS) is 10.8. The van der Waals surface area contributed by atoms with Gasteiger partial charge >= 0.3 is 0 Å². The van der Waals surface area contributed by atoms with Crippen LogP contribution >= 0.6 is 0 Å². The third-order valence-corrected chi connectivity index (χ3v) is 2.84. The summed E-state index contributed by atoms with van der Waals surface area (Å²) in [5.74, 6) is 0. The predicted octanol–water partition coefficient (Wildman–Crippen LogP) is 2.15. The van der Waals surface area contributed by atoms with Gasteiger partial charge in [0.05, 0.1) is 11.6 Å². The first kappa shape index (κ1) is 13.7. The molecule has 0 atom stereocenters. The van der Waals surface area contributed by atoms with Crippen LogP contribution in [0.4, 0.5) is 0 Å². The van der Waals surface area contributed by atoms with Crippen molar-refractivity contribution >= 4 is 0 Å². The molecule has 0 aliphatic rings. The third kappa shape index (κ3) is 4.18. The van der Waals surface area contributed by atoms with E-state index in [2.05, 4.69) is 24.8 Å². The summed E-state index contributed by atoms with van der Waals surface area (Å²) in [6, 6.07) is 10.3. The lowest BCUT2D eigenvalue weighted by atomic mass is 10.1. The van der Waals surface area contributed by atoms with Gasteiger partial charge < -0.3 is 5.11 Å². The maximum Gasteiger partial charge on any atom is 0.0995 e.